The van der Waals surface area contributed by atoms with Crippen molar-refractivity contribution in [2.75, 3.05) is 31.2 Å². The van der Waals surface area contributed by atoms with Gasteiger partial charge in [-0.25, -0.2) is 0 Å². The van der Waals surface area contributed by atoms with Crippen LogP contribution in [0.4, 0.5) is 5.69 Å². The molecule has 1 aliphatic heterocycles. The Bertz CT molecular complexity index is 421. The first kappa shape index (κ1) is 13.0. The van der Waals surface area contributed by atoms with Gasteiger partial charge >= 0.3 is 0 Å². The van der Waals surface area contributed by atoms with Crippen molar-refractivity contribution in [2.45, 2.75) is 0 Å². The van der Waals surface area contributed by atoms with E-state index >= 15 is 0 Å². The van der Waals surface area contributed by atoms with E-state index in [0.717, 1.165) is 18.8 Å². The third-order valence-corrected chi connectivity index (χ3v) is 3.38. The molecule has 92 valence electrons. The fraction of sp³-hybridized carbons (Fsp3) is 0.364. The van der Waals surface area contributed by atoms with E-state index in [1.165, 1.54) is 0 Å². The third kappa shape index (κ3) is 2.86. The smallest absolute Gasteiger partial charge is 0.255 e. The van der Waals surface area contributed by atoms with Crippen molar-refractivity contribution in [1.29, 1.82) is 0 Å². The molecule has 0 unspecified atom stereocenters. The van der Waals surface area contributed by atoms with Gasteiger partial charge in [0.25, 0.3) is 5.24 Å². The Labute approximate surface area is 114 Å². The molecule has 0 spiro atoms. The van der Waals surface area contributed by atoms with Gasteiger partial charge in [0.2, 0.25) is 0 Å². The third-order valence-electron chi connectivity index (χ3n) is 2.60. The van der Waals surface area contributed by atoms with Crippen LogP contribution >= 0.6 is 34.8 Å². The van der Waals surface area contributed by atoms with Gasteiger partial charge in [-0.05, 0) is 23.7 Å². The highest BCUT2D eigenvalue weighted by Crippen LogP contribution is 2.32. The number of hydrogen-bond donors (Lipinski definition) is 0. The second-order valence-electron chi connectivity index (χ2n) is 3.66. The molecule has 1 saturated heterocycles. The first-order chi connectivity index (χ1) is 8.09. The number of carbonyl (C=O) groups excluding carboxylic acids is 1. The van der Waals surface area contributed by atoms with E-state index in [4.69, 9.17) is 39.5 Å². The van der Waals surface area contributed by atoms with E-state index in [-0.39, 0.29) is 15.6 Å². The summed E-state index contributed by atoms with van der Waals surface area (Å²) in [5.74, 6) is 0. The fourth-order valence-corrected chi connectivity index (χ4v) is 2.70. The number of nitrogens with zero attached hydrogens (tertiary/aromatic N) is 1. The summed E-state index contributed by atoms with van der Waals surface area (Å²) >= 11 is 17.4. The van der Waals surface area contributed by atoms with Gasteiger partial charge in [0.15, 0.2) is 0 Å². The van der Waals surface area contributed by atoms with Crippen LogP contribution in [0.1, 0.15) is 10.4 Å². The minimum Gasteiger partial charge on any atom is -0.378 e. The van der Waals surface area contributed by atoms with E-state index in [1.54, 1.807) is 12.1 Å². The van der Waals surface area contributed by atoms with Crippen LogP contribution in [-0.2, 0) is 4.74 Å². The molecule has 1 aromatic rings. The second kappa shape index (κ2) is 5.44. The number of hydrogen-bond acceptors (Lipinski definition) is 3. The van der Waals surface area contributed by atoms with Gasteiger partial charge in [0, 0.05) is 18.8 Å². The number of ether oxygens (including phenoxy) is 1. The summed E-state index contributed by atoms with van der Waals surface area (Å²) in [6.45, 7) is 2.90. The lowest BCUT2D eigenvalue weighted by Crippen LogP contribution is -2.36. The molecule has 0 atom stereocenters. The van der Waals surface area contributed by atoms with Gasteiger partial charge in [0.05, 0.1) is 28.8 Å². The van der Waals surface area contributed by atoms with E-state index in [9.17, 15) is 4.79 Å². The number of benzene rings is 1. The Balaban J connectivity index is 2.34. The Kier molecular flexibility index (Phi) is 4.15. The Morgan fingerprint density at radius 1 is 1.18 bits per heavy atom. The minimum absolute atomic E-state index is 0.159. The highest BCUT2D eigenvalue weighted by Gasteiger charge is 2.18. The van der Waals surface area contributed by atoms with Crippen LogP contribution in [-0.4, -0.2) is 31.5 Å². The summed E-state index contributed by atoms with van der Waals surface area (Å²) in [7, 11) is 0. The number of rotatable bonds is 2. The molecule has 0 aliphatic carbocycles. The van der Waals surface area contributed by atoms with Crippen molar-refractivity contribution < 1.29 is 9.53 Å². The summed E-state index contributed by atoms with van der Waals surface area (Å²) in [6.07, 6.45) is 0. The van der Waals surface area contributed by atoms with Crippen LogP contribution in [0, 0.1) is 0 Å². The zero-order chi connectivity index (χ0) is 12.4. The molecule has 2 rings (SSSR count). The summed E-state index contributed by atoms with van der Waals surface area (Å²) in [5, 5.41) is -0.0912. The maximum absolute atomic E-state index is 11.1. The summed E-state index contributed by atoms with van der Waals surface area (Å²) < 4.78 is 5.26. The maximum Gasteiger partial charge on any atom is 0.255 e. The zero-order valence-electron chi connectivity index (χ0n) is 8.88. The van der Waals surface area contributed by atoms with Gasteiger partial charge in [-0.1, -0.05) is 23.2 Å². The monoisotopic (exact) mass is 293 g/mol. The van der Waals surface area contributed by atoms with E-state index < -0.39 is 5.24 Å². The van der Waals surface area contributed by atoms with Crippen LogP contribution in [0.3, 0.4) is 0 Å². The predicted octanol–water partition coefficient (Wildman–Crippen LogP) is 3.21. The molecule has 1 aromatic carbocycles. The lowest BCUT2D eigenvalue weighted by Gasteiger charge is -2.29. The molecule has 6 heteroatoms. The standard InChI is InChI=1S/C11H10Cl3NO2/c12-8-5-7(15-1-3-17-4-2-15)6-9(13)10(8)11(14)16/h5-6H,1-4H2. The molecule has 1 fully saturated rings. The average molecular weight is 295 g/mol. The van der Waals surface area contributed by atoms with Crippen LogP contribution in [0.15, 0.2) is 12.1 Å². The lowest BCUT2D eigenvalue weighted by molar-refractivity contribution is 0.108. The van der Waals surface area contributed by atoms with Gasteiger partial charge in [0.1, 0.15) is 0 Å². The van der Waals surface area contributed by atoms with E-state index in [2.05, 4.69) is 4.90 Å². The van der Waals surface area contributed by atoms with Crippen LogP contribution in [0.25, 0.3) is 0 Å². The largest absolute Gasteiger partial charge is 0.378 e. The first-order valence-corrected chi connectivity index (χ1v) is 6.24. The van der Waals surface area contributed by atoms with Crippen molar-refractivity contribution in [3.05, 3.63) is 27.7 Å². The van der Waals surface area contributed by atoms with E-state index in [0.29, 0.717) is 13.2 Å². The molecule has 0 radical (unpaired) electrons. The van der Waals surface area contributed by atoms with Crippen LogP contribution in [0.5, 0.6) is 0 Å². The summed E-state index contributed by atoms with van der Waals surface area (Å²) in [4.78, 5) is 13.2. The molecule has 3 nitrogen and oxygen atoms in total. The quantitative estimate of drug-likeness (QED) is 0.785. The molecular weight excluding hydrogens is 284 g/mol. The van der Waals surface area contributed by atoms with Gasteiger partial charge < -0.3 is 9.64 Å². The highest BCUT2D eigenvalue weighted by atomic mass is 35.5. The zero-order valence-corrected chi connectivity index (χ0v) is 11.1. The molecule has 0 aromatic heterocycles. The Morgan fingerprint density at radius 2 is 1.71 bits per heavy atom. The normalized spacial score (nSPS) is 16.1. The second-order valence-corrected chi connectivity index (χ2v) is 4.82. The average Bonchev–Trinajstić information content (AvgIpc) is 2.28. The molecule has 17 heavy (non-hydrogen) atoms. The topological polar surface area (TPSA) is 29.5 Å². The van der Waals surface area contributed by atoms with Crippen molar-refractivity contribution in [1.82, 2.24) is 0 Å². The number of anilines is 1. The number of carbonyl (C=O) groups is 1. The molecule has 0 N–H and O–H groups in total. The van der Waals surface area contributed by atoms with Crippen LogP contribution < -0.4 is 4.90 Å². The predicted molar refractivity (Wildman–Crippen MR) is 69.7 cm³/mol. The number of halogens is 3. The van der Waals surface area contributed by atoms with Gasteiger partial charge in [-0.2, -0.15) is 0 Å². The van der Waals surface area contributed by atoms with Gasteiger partial charge in [-0.15, -0.1) is 0 Å². The fourth-order valence-electron chi connectivity index (χ4n) is 1.75. The highest BCUT2D eigenvalue weighted by molar-refractivity contribution is 6.70. The number of morpholine rings is 1. The Morgan fingerprint density at radius 3 is 2.18 bits per heavy atom. The molecular formula is C11H10Cl3NO2. The molecule has 0 saturated carbocycles. The first-order valence-electron chi connectivity index (χ1n) is 5.11. The Hall–Kier alpha value is -0.480. The van der Waals surface area contributed by atoms with Crippen molar-refractivity contribution in [3.63, 3.8) is 0 Å². The summed E-state index contributed by atoms with van der Waals surface area (Å²) in [6, 6.07) is 3.41. The minimum atomic E-state index is -0.645. The SMILES string of the molecule is O=C(Cl)c1c(Cl)cc(N2CCOCC2)cc1Cl. The molecule has 0 bridgehead atoms. The van der Waals surface area contributed by atoms with Gasteiger partial charge in [-0.3, -0.25) is 4.79 Å². The maximum atomic E-state index is 11.1. The van der Waals surface area contributed by atoms with Crippen molar-refractivity contribution >= 4 is 45.7 Å². The molecule has 1 heterocycles. The summed E-state index contributed by atoms with van der Waals surface area (Å²) in [5.41, 5.74) is 1.04. The van der Waals surface area contributed by atoms with Crippen LogP contribution in [0.2, 0.25) is 10.0 Å². The van der Waals surface area contributed by atoms with E-state index in [1.807, 2.05) is 0 Å². The lowest BCUT2D eigenvalue weighted by atomic mass is 10.2. The molecule has 0 amide bonds. The molecule has 1 aliphatic rings. The van der Waals surface area contributed by atoms with Crippen molar-refractivity contribution in [2.24, 2.45) is 0 Å². The van der Waals surface area contributed by atoms with Crippen molar-refractivity contribution in [3.8, 4) is 0 Å².